The van der Waals surface area contributed by atoms with Crippen LogP contribution in [0.3, 0.4) is 0 Å². The molecule has 1 atom stereocenters. The molecule has 0 fully saturated rings. The third kappa shape index (κ3) is 4.14. The van der Waals surface area contributed by atoms with E-state index in [1.165, 1.54) is 24.8 Å². The first-order valence-corrected chi connectivity index (χ1v) is 7.29. The van der Waals surface area contributed by atoms with E-state index >= 15 is 0 Å². The standard InChI is InChI=1S/C12H16Br2/c13-9-4-7-12(8-10-14)11-5-2-1-3-6-11/h1-3,5-6,12H,4,7-10H2. The first-order valence-electron chi connectivity index (χ1n) is 5.05. The highest BCUT2D eigenvalue weighted by Gasteiger charge is 2.09. The molecule has 2 heteroatoms. The van der Waals surface area contributed by atoms with Gasteiger partial charge in [-0.25, -0.2) is 0 Å². The molecule has 0 amide bonds. The van der Waals surface area contributed by atoms with Crippen LogP contribution in [-0.2, 0) is 0 Å². The van der Waals surface area contributed by atoms with Crippen molar-refractivity contribution in [3.8, 4) is 0 Å². The van der Waals surface area contributed by atoms with Crippen molar-refractivity contribution in [2.45, 2.75) is 25.2 Å². The Labute approximate surface area is 103 Å². The molecule has 14 heavy (non-hydrogen) atoms. The average molecular weight is 320 g/mol. The Morgan fingerprint density at radius 3 is 2.21 bits per heavy atom. The van der Waals surface area contributed by atoms with E-state index in [4.69, 9.17) is 0 Å². The van der Waals surface area contributed by atoms with Crippen molar-refractivity contribution in [1.29, 1.82) is 0 Å². The van der Waals surface area contributed by atoms with Crippen LogP contribution in [0.25, 0.3) is 0 Å². The second-order valence-corrected chi connectivity index (χ2v) is 5.00. The van der Waals surface area contributed by atoms with Crippen LogP contribution < -0.4 is 0 Å². The van der Waals surface area contributed by atoms with E-state index in [1.54, 1.807) is 0 Å². The lowest BCUT2D eigenvalue weighted by atomic mass is 9.92. The molecule has 0 heterocycles. The summed E-state index contributed by atoms with van der Waals surface area (Å²) in [5.74, 6) is 0.716. The number of hydrogen-bond acceptors (Lipinski definition) is 0. The maximum Gasteiger partial charge on any atom is 0.00371 e. The van der Waals surface area contributed by atoms with Gasteiger partial charge in [-0.05, 0) is 30.7 Å². The maximum absolute atomic E-state index is 3.53. The molecule has 1 aromatic rings. The normalized spacial score (nSPS) is 12.7. The lowest BCUT2D eigenvalue weighted by Crippen LogP contribution is -2.00. The molecule has 0 radical (unpaired) electrons. The van der Waals surface area contributed by atoms with Crippen LogP contribution in [0.1, 0.15) is 30.7 Å². The molecule has 0 aliphatic carbocycles. The van der Waals surface area contributed by atoms with Crippen molar-refractivity contribution in [3.63, 3.8) is 0 Å². The van der Waals surface area contributed by atoms with Gasteiger partial charge < -0.3 is 0 Å². The van der Waals surface area contributed by atoms with E-state index in [0.717, 1.165) is 10.7 Å². The first kappa shape index (κ1) is 12.3. The Hall–Kier alpha value is 0.180. The number of halogens is 2. The topological polar surface area (TPSA) is 0 Å². The fraction of sp³-hybridized carbons (Fsp3) is 0.500. The molecule has 1 unspecified atom stereocenters. The highest BCUT2D eigenvalue weighted by atomic mass is 79.9. The van der Waals surface area contributed by atoms with E-state index < -0.39 is 0 Å². The summed E-state index contributed by atoms with van der Waals surface area (Å²) in [7, 11) is 0. The number of alkyl halides is 2. The highest BCUT2D eigenvalue weighted by molar-refractivity contribution is 9.09. The summed E-state index contributed by atoms with van der Waals surface area (Å²) in [6.45, 7) is 0. The third-order valence-electron chi connectivity index (χ3n) is 2.41. The summed E-state index contributed by atoms with van der Waals surface area (Å²) >= 11 is 7.02. The Balaban J connectivity index is 2.58. The molecule has 0 aromatic heterocycles. The summed E-state index contributed by atoms with van der Waals surface area (Å²) in [5.41, 5.74) is 1.48. The Kier molecular flexibility index (Phi) is 6.54. The number of hydrogen-bond donors (Lipinski definition) is 0. The van der Waals surface area contributed by atoms with Crippen LogP contribution in [0, 0.1) is 0 Å². The second kappa shape index (κ2) is 7.47. The summed E-state index contributed by atoms with van der Waals surface area (Å²) in [6, 6.07) is 10.8. The molecule has 0 N–H and O–H groups in total. The molecule has 0 saturated heterocycles. The number of benzene rings is 1. The lowest BCUT2D eigenvalue weighted by Gasteiger charge is -2.15. The molecule has 1 rings (SSSR count). The highest BCUT2D eigenvalue weighted by Crippen LogP contribution is 2.25. The maximum atomic E-state index is 3.53. The molecular formula is C12H16Br2. The summed E-state index contributed by atoms with van der Waals surface area (Å²) in [4.78, 5) is 0. The van der Waals surface area contributed by atoms with Gasteiger partial charge in [0, 0.05) is 10.7 Å². The van der Waals surface area contributed by atoms with Gasteiger partial charge in [0.15, 0.2) is 0 Å². The van der Waals surface area contributed by atoms with Crippen molar-refractivity contribution in [2.75, 3.05) is 10.7 Å². The van der Waals surface area contributed by atoms with E-state index in [0.29, 0.717) is 5.92 Å². The second-order valence-electron chi connectivity index (χ2n) is 3.42. The molecule has 0 bridgehead atoms. The summed E-state index contributed by atoms with van der Waals surface area (Å²) in [5, 5.41) is 2.20. The summed E-state index contributed by atoms with van der Waals surface area (Å²) in [6.07, 6.45) is 3.77. The largest absolute Gasteiger partial charge is 0.0928 e. The predicted molar refractivity (Wildman–Crippen MR) is 70.6 cm³/mol. The van der Waals surface area contributed by atoms with Gasteiger partial charge in [-0.3, -0.25) is 0 Å². The van der Waals surface area contributed by atoms with Crippen LogP contribution in [0.5, 0.6) is 0 Å². The van der Waals surface area contributed by atoms with Gasteiger partial charge >= 0.3 is 0 Å². The van der Waals surface area contributed by atoms with E-state index in [9.17, 15) is 0 Å². The van der Waals surface area contributed by atoms with E-state index in [2.05, 4.69) is 62.2 Å². The van der Waals surface area contributed by atoms with Crippen molar-refractivity contribution in [1.82, 2.24) is 0 Å². The van der Waals surface area contributed by atoms with Crippen molar-refractivity contribution < 1.29 is 0 Å². The monoisotopic (exact) mass is 318 g/mol. The van der Waals surface area contributed by atoms with Crippen molar-refractivity contribution >= 4 is 31.9 Å². The molecule has 78 valence electrons. The fourth-order valence-corrected chi connectivity index (χ4v) is 2.53. The van der Waals surface area contributed by atoms with Gasteiger partial charge in [0.2, 0.25) is 0 Å². The average Bonchev–Trinajstić information content (AvgIpc) is 2.25. The van der Waals surface area contributed by atoms with Crippen LogP contribution in [0.15, 0.2) is 30.3 Å². The molecular weight excluding hydrogens is 304 g/mol. The quantitative estimate of drug-likeness (QED) is 0.665. The third-order valence-corrected chi connectivity index (χ3v) is 3.43. The molecule has 0 aliphatic heterocycles. The minimum absolute atomic E-state index is 0.716. The van der Waals surface area contributed by atoms with Gasteiger partial charge in [-0.15, -0.1) is 0 Å². The van der Waals surface area contributed by atoms with Crippen molar-refractivity contribution in [3.05, 3.63) is 35.9 Å². The SMILES string of the molecule is BrCCCC(CCBr)c1ccccc1. The zero-order valence-electron chi connectivity index (χ0n) is 8.26. The van der Waals surface area contributed by atoms with Crippen LogP contribution in [0.2, 0.25) is 0 Å². The van der Waals surface area contributed by atoms with E-state index in [1.807, 2.05) is 0 Å². The van der Waals surface area contributed by atoms with Gasteiger partial charge in [-0.1, -0.05) is 62.2 Å². The van der Waals surface area contributed by atoms with Gasteiger partial charge in [0.05, 0.1) is 0 Å². The van der Waals surface area contributed by atoms with Gasteiger partial charge in [0.25, 0.3) is 0 Å². The Morgan fingerprint density at radius 2 is 1.64 bits per heavy atom. The van der Waals surface area contributed by atoms with Crippen molar-refractivity contribution in [2.24, 2.45) is 0 Å². The molecule has 1 aromatic carbocycles. The minimum atomic E-state index is 0.716. The molecule has 0 nitrogen and oxygen atoms in total. The molecule has 0 saturated carbocycles. The van der Waals surface area contributed by atoms with Gasteiger partial charge in [0.1, 0.15) is 0 Å². The minimum Gasteiger partial charge on any atom is -0.0928 e. The Bertz CT molecular complexity index is 233. The predicted octanol–water partition coefficient (Wildman–Crippen LogP) is 4.73. The smallest absolute Gasteiger partial charge is 0.00371 e. The lowest BCUT2D eigenvalue weighted by molar-refractivity contribution is 0.606. The van der Waals surface area contributed by atoms with Gasteiger partial charge in [-0.2, -0.15) is 0 Å². The van der Waals surface area contributed by atoms with Crippen LogP contribution >= 0.6 is 31.9 Å². The van der Waals surface area contributed by atoms with Crippen LogP contribution in [-0.4, -0.2) is 10.7 Å². The van der Waals surface area contributed by atoms with E-state index in [-0.39, 0.29) is 0 Å². The fourth-order valence-electron chi connectivity index (χ4n) is 1.66. The number of rotatable bonds is 6. The Morgan fingerprint density at radius 1 is 0.929 bits per heavy atom. The zero-order chi connectivity index (χ0) is 10.2. The summed E-state index contributed by atoms with van der Waals surface area (Å²) < 4.78 is 0. The zero-order valence-corrected chi connectivity index (χ0v) is 11.4. The molecule has 0 spiro atoms. The molecule has 0 aliphatic rings. The van der Waals surface area contributed by atoms with Crippen LogP contribution in [0.4, 0.5) is 0 Å². The first-order chi connectivity index (χ1) is 6.88.